The number of rotatable bonds is 0. The fourth-order valence-corrected chi connectivity index (χ4v) is 12.4. The van der Waals surface area contributed by atoms with Crippen LogP contribution >= 0.6 is 11.6 Å². The zero-order valence-corrected chi connectivity index (χ0v) is 29.1. The molecule has 8 N–H and O–H groups in total. The summed E-state index contributed by atoms with van der Waals surface area (Å²) in [6.45, 7) is 0. The van der Waals surface area contributed by atoms with E-state index in [2.05, 4.69) is 52.5 Å². The Bertz CT molecular complexity index is 1040. The second kappa shape index (κ2) is 14.2. The van der Waals surface area contributed by atoms with Gasteiger partial charge < -0.3 is 0 Å². The highest BCUT2D eigenvalue weighted by Gasteiger charge is 2.54. The summed E-state index contributed by atoms with van der Waals surface area (Å²) in [5.74, 6) is 5.97. The minimum atomic E-state index is -0.794. The van der Waals surface area contributed by atoms with E-state index in [1.54, 1.807) is 0 Å². The number of halogens is 2. The molecule has 6 heterocycles. The predicted molar refractivity (Wildman–Crippen MR) is 184 cm³/mol. The molecule has 1 aromatic rings. The molecular formula is C36H58ClFN10. The molecule has 10 nitrogen and oxygen atoms in total. The van der Waals surface area contributed by atoms with Crippen LogP contribution in [0.15, 0.2) is 12.3 Å². The van der Waals surface area contributed by atoms with Gasteiger partial charge in [0, 0.05) is 6.20 Å². The summed E-state index contributed by atoms with van der Waals surface area (Å²) < 4.78 is 11.9. The van der Waals surface area contributed by atoms with Crippen molar-refractivity contribution in [2.75, 3.05) is 0 Å². The van der Waals surface area contributed by atoms with Gasteiger partial charge in [-0.3, -0.25) is 42.5 Å². The van der Waals surface area contributed by atoms with Crippen LogP contribution in [0.5, 0.6) is 0 Å². The van der Waals surface area contributed by atoms with Crippen molar-refractivity contribution in [2.24, 2.45) is 47.3 Å². The summed E-state index contributed by atoms with van der Waals surface area (Å²) >= 11 is 5.25. The van der Waals surface area contributed by atoms with Crippen LogP contribution in [0.25, 0.3) is 0 Å². The van der Waals surface area contributed by atoms with E-state index in [0.717, 1.165) is 47.3 Å². The average Bonchev–Trinajstić information content (AvgIpc) is 3.84. The average molecular weight is 685 g/mol. The summed E-state index contributed by atoms with van der Waals surface area (Å²) in [6, 6.07) is 1.41. The van der Waals surface area contributed by atoms with Gasteiger partial charge in [-0.1, -0.05) is 63.0 Å². The molecule has 5 saturated heterocycles. The quantitative estimate of drug-likeness (QED) is 0.151. The molecule has 48 heavy (non-hydrogen) atoms. The molecule has 0 amide bonds. The first-order valence-corrected chi connectivity index (χ1v) is 20.2. The number of fused-ring (bicyclic) bond motifs is 20. The second-order valence-electron chi connectivity index (χ2n) is 16.8. The van der Waals surface area contributed by atoms with Crippen LogP contribution in [0.2, 0.25) is 5.15 Å². The van der Waals surface area contributed by atoms with Crippen LogP contribution in [-0.2, 0) is 0 Å². The van der Waals surface area contributed by atoms with E-state index < -0.39 is 6.08 Å². The van der Waals surface area contributed by atoms with Gasteiger partial charge in [-0.05, 0) is 105 Å². The third-order valence-electron chi connectivity index (χ3n) is 14.4. The lowest BCUT2D eigenvalue weighted by molar-refractivity contribution is 0.167. The first kappa shape index (κ1) is 32.9. The fourth-order valence-electron chi connectivity index (χ4n) is 12.3. The SMILES string of the molecule is C1CCC2C3NC(NC4NC(NC5NC(NC6NC(N3)C3CCCCC63)C3CCCCC53)C3CCCCC43)C2C1.Fc1nccc(Cl)n1. The zero-order valence-electron chi connectivity index (χ0n) is 28.4. The standard InChI is InChI=1S/C32H56N8.C4H2ClFN2/c1-2-10-18-17(9-1)25-33-26(18)38-28-21-13-5-6-14-22(21)30(35-28)40-32-24-16-8-7-15-23(24)31(36-32)39-29-20-12-4-3-11-19(20)27(34-29)37-25;5-3-1-2-7-4(6)8-3/h17-40H,1-16H2;1-2H. The van der Waals surface area contributed by atoms with Crippen molar-refractivity contribution in [1.82, 2.24) is 52.5 Å². The number of hydrogen-bond acceptors (Lipinski definition) is 10. The summed E-state index contributed by atoms with van der Waals surface area (Å²) in [6.07, 6.45) is 26.0. The molecule has 12 heteroatoms. The van der Waals surface area contributed by atoms with Crippen LogP contribution in [0, 0.1) is 53.4 Å². The maximum Gasteiger partial charge on any atom is 0.309 e. The molecule has 4 saturated carbocycles. The lowest BCUT2D eigenvalue weighted by atomic mass is 9.76. The molecule has 4 aliphatic carbocycles. The first-order chi connectivity index (χ1) is 23.6. The van der Waals surface area contributed by atoms with Crippen molar-refractivity contribution in [2.45, 2.75) is 152 Å². The topological polar surface area (TPSA) is 122 Å². The molecule has 1 aromatic heterocycles. The summed E-state index contributed by atoms with van der Waals surface area (Å²) in [5, 5.41) is 33.9. The Morgan fingerprint density at radius 1 is 0.438 bits per heavy atom. The molecule has 0 radical (unpaired) electrons. The summed E-state index contributed by atoms with van der Waals surface area (Å²) in [5.41, 5.74) is 0. The Hall–Kier alpha value is -1.02. The van der Waals surface area contributed by atoms with Crippen molar-refractivity contribution in [3.05, 3.63) is 23.5 Å². The van der Waals surface area contributed by atoms with Gasteiger partial charge in [0.1, 0.15) is 5.15 Å². The molecule has 9 fully saturated rings. The smallest absolute Gasteiger partial charge is 0.286 e. The van der Waals surface area contributed by atoms with Gasteiger partial charge in [-0.25, -0.2) is 4.98 Å². The molecule has 0 spiro atoms. The molecule has 8 unspecified atom stereocenters. The molecule has 5 aliphatic heterocycles. The largest absolute Gasteiger partial charge is 0.309 e. The molecule has 9 aliphatic rings. The Morgan fingerprint density at radius 3 is 0.833 bits per heavy atom. The van der Waals surface area contributed by atoms with Crippen molar-refractivity contribution < 1.29 is 4.39 Å². The van der Waals surface area contributed by atoms with Crippen LogP contribution in [-0.4, -0.2) is 59.3 Å². The van der Waals surface area contributed by atoms with Crippen molar-refractivity contribution in [3.63, 3.8) is 0 Å². The van der Waals surface area contributed by atoms with E-state index in [4.69, 9.17) is 11.6 Å². The van der Waals surface area contributed by atoms with Crippen LogP contribution < -0.4 is 42.5 Å². The van der Waals surface area contributed by atoms with E-state index >= 15 is 0 Å². The van der Waals surface area contributed by atoms with Gasteiger partial charge in [0.05, 0.1) is 49.3 Å². The van der Waals surface area contributed by atoms with E-state index in [1.807, 2.05) is 0 Å². The molecular weight excluding hydrogens is 627 g/mol. The van der Waals surface area contributed by atoms with Crippen molar-refractivity contribution >= 4 is 11.6 Å². The van der Waals surface area contributed by atoms with Crippen LogP contribution in [0.4, 0.5) is 4.39 Å². The van der Waals surface area contributed by atoms with Gasteiger partial charge in [0.2, 0.25) is 0 Å². The molecule has 10 rings (SSSR count). The second-order valence-corrected chi connectivity index (χ2v) is 17.1. The van der Waals surface area contributed by atoms with Gasteiger partial charge in [0.15, 0.2) is 0 Å². The maximum absolute atomic E-state index is 11.9. The van der Waals surface area contributed by atoms with E-state index in [0.29, 0.717) is 49.3 Å². The number of hydrogen-bond donors (Lipinski definition) is 8. The lowest BCUT2D eigenvalue weighted by Gasteiger charge is -2.35. The monoisotopic (exact) mass is 684 g/mol. The highest BCUT2D eigenvalue weighted by atomic mass is 35.5. The molecule has 8 atom stereocenters. The predicted octanol–water partition coefficient (Wildman–Crippen LogP) is 3.87. The summed E-state index contributed by atoms with van der Waals surface area (Å²) in [4.78, 5) is 6.34. The first-order valence-electron chi connectivity index (χ1n) is 19.8. The molecule has 266 valence electrons. The number of nitrogens with one attached hydrogen (secondary N) is 8. The third kappa shape index (κ3) is 6.36. The van der Waals surface area contributed by atoms with E-state index in [1.165, 1.54) is 115 Å². The van der Waals surface area contributed by atoms with Crippen LogP contribution in [0.3, 0.4) is 0 Å². The van der Waals surface area contributed by atoms with Crippen molar-refractivity contribution in [3.8, 4) is 0 Å². The Kier molecular flexibility index (Phi) is 9.71. The van der Waals surface area contributed by atoms with Crippen LogP contribution in [0.1, 0.15) is 103 Å². The van der Waals surface area contributed by atoms with E-state index in [9.17, 15) is 4.39 Å². The summed E-state index contributed by atoms with van der Waals surface area (Å²) in [7, 11) is 0. The minimum Gasteiger partial charge on any atom is -0.286 e. The molecule has 0 aromatic carbocycles. The van der Waals surface area contributed by atoms with Gasteiger partial charge >= 0.3 is 6.08 Å². The number of aromatic nitrogens is 2. The number of nitrogens with zero attached hydrogens (tertiary/aromatic N) is 2. The highest BCUT2D eigenvalue weighted by Crippen LogP contribution is 2.45. The van der Waals surface area contributed by atoms with Gasteiger partial charge in [-0.15, -0.1) is 0 Å². The highest BCUT2D eigenvalue weighted by molar-refractivity contribution is 6.29. The van der Waals surface area contributed by atoms with Gasteiger partial charge in [0.25, 0.3) is 0 Å². The maximum atomic E-state index is 11.9. The fraction of sp³-hybridized carbons (Fsp3) is 0.889. The van der Waals surface area contributed by atoms with Crippen molar-refractivity contribution in [1.29, 1.82) is 0 Å². The minimum absolute atomic E-state index is 0.123. The normalized spacial score (nSPS) is 49.5. The Balaban J connectivity index is 0.000000347. The van der Waals surface area contributed by atoms with Gasteiger partial charge in [-0.2, -0.15) is 9.37 Å². The third-order valence-corrected chi connectivity index (χ3v) is 14.6. The molecule has 8 bridgehead atoms. The lowest BCUT2D eigenvalue weighted by Crippen LogP contribution is -2.61. The Labute approximate surface area is 290 Å². The zero-order chi connectivity index (χ0) is 32.2. The van der Waals surface area contributed by atoms with E-state index in [-0.39, 0.29) is 5.15 Å². The Morgan fingerprint density at radius 2 is 0.667 bits per heavy atom.